The molecular weight excluding hydrogens is 475 g/mol. The number of carbonyl (C=O) groups is 1. The molecule has 0 aromatic heterocycles. The van der Waals surface area contributed by atoms with Gasteiger partial charge in [-0.2, -0.15) is 0 Å². The summed E-state index contributed by atoms with van der Waals surface area (Å²) in [5, 5.41) is 8.20. The molecule has 30 heavy (non-hydrogen) atoms. The Balaban J connectivity index is 0.000000199. The van der Waals surface area contributed by atoms with Crippen LogP contribution in [0, 0.1) is 11.8 Å². The number of carboxylic acids is 1. The summed E-state index contributed by atoms with van der Waals surface area (Å²) in [4.78, 5) is 10.00. The van der Waals surface area contributed by atoms with Crippen LogP contribution in [0.25, 0.3) is 0 Å². The Hall–Kier alpha value is -3.29. The van der Waals surface area contributed by atoms with Gasteiger partial charge in [-0.3, -0.25) is 0 Å². The summed E-state index contributed by atoms with van der Waals surface area (Å²) in [5.41, 5.74) is 0.718. The zero-order valence-electron chi connectivity index (χ0n) is 16.4. The van der Waals surface area contributed by atoms with Crippen molar-refractivity contribution in [2.75, 3.05) is 0 Å². The van der Waals surface area contributed by atoms with E-state index >= 15 is 0 Å². The average Bonchev–Trinajstić information content (AvgIpc) is 2.81. The van der Waals surface area contributed by atoms with Crippen molar-refractivity contribution in [1.29, 1.82) is 0 Å². The van der Waals surface area contributed by atoms with Crippen molar-refractivity contribution in [2.45, 2.75) is 0 Å². The monoisotopic (exact) mass is 497 g/mol. The van der Waals surface area contributed by atoms with Gasteiger partial charge in [-0.15, -0.1) is 0 Å². The molecule has 3 heteroatoms. The third-order valence-electron chi connectivity index (χ3n) is 4.27. The van der Waals surface area contributed by atoms with Gasteiger partial charge in [0, 0.05) is 11.5 Å². The van der Waals surface area contributed by atoms with Crippen LogP contribution in [0.15, 0.2) is 121 Å². The SMILES string of the molecule is O=C(O)C#Cc1ccccc1.c1cc[c]([Sn]([c]2ccccc2)[c]2ccccc2)cc1. The standard InChI is InChI=1S/C9H6O2.3C6H5.Sn/c10-9(11)7-6-8-4-2-1-3-5-8;3*1-2-4-6-5-3-1;/h1-5H,(H,10,11);3*1-5H;. The molecule has 0 heterocycles. The second-order valence-corrected chi connectivity index (χ2v) is 13.5. The molecule has 4 aromatic rings. The van der Waals surface area contributed by atoms with Crippen molar-refractivity contribution < 1.29 is 9.90 Å². The number of hydrogen-bond donors (Lipinski definition) is 1. The van der Waals surface area contributed by atoms with Gasteiger partial charge in [0.1, 0.15) is 0 Å². The van der Waals surface area contributed by atoms with Crippen molar-refractivity contribution in [3.63, 3.8) is 0 Å². The maximum atomic E-state index is 10.00. The molecule has 145 valence electrons. The van der Waals surface area contributed by atoms with Gasteiger partial charge in [0.15, 0.2) is 0 Å². The molecule has 1 radical (unpaired) electrons. The van der Waals surface area contributed by atoms with E-state index in [-0.39, 0.29) is 0 Å². The zero-order valence-corrected chi connectivity index (χ0v) is 19.3. The third kappa shape index (κ3) is 6.65. The fourth-order valence-corrected chi connectivity index (χ4v) is 10.3. The molecule has 4 rings (SSSR count). The molecule has 4 aromatic carbocycles. The van der Waals surface area contributed by atoms with Crippen molar-refractivity contribution >= 4 is 36.5 Å². The van der Waals surface area contributed by atoms with E-state index in [0.29, 0.717) is 0 Å². The van der Waals surface area contributed by atoms with Crippen molar-refractivity contribution in [1.82, 2.24) is 0 Å². The van der Waals surface area contributed by atoms with Gasteiger partial charge < -0.3 is 5.11 Å². The van der Waals surface area contributed by atoms with E-state index in [1.165, 1.54) is 10.7 Å². The molecule has 0 fully saturated rings. The number of aliphatic carboxylic acids is 1. The number of hydrogen-bond acceptors (Lipinski definition) is 1. The third-order valence-corrected chi connectivity index (χ3v) is 12.1. The van der Waals surface area contributed by atoms with E-state index in [2.05, 4.69) is 96.9 Å². The first-order chi connectivity index (χ1) is 14.7. The second kappa shape index (κ2) is 11.6. The number of rotatable bonds is 3. The van der Waals surface area contributed by atoms with Gasteiger partial charge in [-0.1, -0.05) is 24.1 Å². The van der Waals surface area contributed by atoms with Crippen LogP contribution in [0.3, 0.4) is 0 Å². The first kappa shape index (κ1) is 21.4. The van der Waals surface area contributed by atoms with Crippen molar-refractivity contribution in [2.24, 2.45) is 0 Å². The molecule has 2 nitrogen and oxygen atoms in total. The van der Waals surface area contributed by atoms with Crippen LogP contribution in [0.4, 0.5) is 0 Å². The average molecular weight is 496 g/mol. The van der Waals surface area contributed by atoms with E-state index in [9.17, 15) is 4.79 Å². The number of benzene rings is 4. The molecule has 0 unspecified atom stereocenters. The molecule has 0 spiro atoms. The van der Waals surface area contributed by atoms with E-state index in [1.54, 1.807) is 12.1 Å². The van der Waals surface area contributed by atoms with Crippen molar-refractivity contribution in [3.8, 4) is 11.8 Å². The molecule has 0 amide bonds. The summed E-state index contributed by atoms with van der Waals surface area (Å²) >= 11 is -1.98. The van der Waals surface area contributed by atoms with Gasteiger partial charge in [0.05, 0.1) is 0 Å². The summed E-state index contributed by atoms with van der Waals surface area (Å²) in [7, 11) is 0. The van der Waals surface area contributed by atoms with Gasteiger partial charge in [0.25, 0.3) is 0 Å². The minimum atomic E-state index is -1.98. The van der Waals surface area contributed by atoms with E-state index in [4.69, 9.17) is 5.11 Å². The molecule has 1 N–H and O–H groups in total. The first-order valence-electron chi connectivity index (χ1n) is 9.57. The zero-order chi connectivity index (χ0) is 21.0. The summed E-state index contributed by atoms with van der Waals surface area (Å²) in [6.07, 6.45) is 0. The predicted octanol–water partition coefficient (Wildman–Crippen LogP) is 3.33. The molecule has 0 aliphatic carbocycles. The summed E-state index contributed by atoms with van der Waals surface area (Å²) in [6, 6.07) is 41.9. The first-order valence-corrected chi connectivity index (χ1v) is 13.9. The summed E-state index contributed by atoms with van der Waals surface area (Å²) < 4.78 is 4.59. The molecule has 0 saturated heterocycles. The molecule has 0 aliphatic rings. The Kier molecular flexibility index (Phi) is 8.32. The fraction of sp³-hybridized carbons (Fsp3) is 0. The van der Waals surface area contributed by atoms with Crippen LogP contribution in [0.5, 0.6) is 0 Å². The fourth-order valence-electron chi connectivity index (χ4n) is 2.96. The summed E-state index contributed by atoms with van der Waals surface area (Å²) in [5.74, 6) is 3.42. The Morgan fingerprint density at radius 1 is 0.567 bits per heavy atom. The van der Waals surface area contributed by atoms with E-state index in [1.807, 2.05) is 24.1 Å². The van der Waals surface area contributed by atoms with E-state index < -0.39 is 25.7 Å². The van der Waals surface area contributed by atoms with Gasteiger partial charge >= 0.3 is 127 Å². The minimum absolute atomic E-state index is 0.718. The van der Waals surface area contributed by atoms with Crippen LogP contribution in [-0.2, 0) is 4.79 Å². The second-order valence-electron chi connectivity index (χ2n) is 6.39. The topological polar surface area (TPSA) is 37.3 Å². The molecule has 0 saturated carbocycles. The Bertz CT molecular complexity index is 1010. The van der Waals surface area contributed by atoms with Crippen LogP contribution in [-0.4, -0.2) is 30.8 Å². The quantitative estimate of drug-likeness (QED) is 0.349. The predicted molar refractivity (Wildman–Crippen MR) is 125 cm³/mol. The molecule has 0 aliphatic heterocycles. The van der Waals surface area contributed by atoms with Gasteiger partial charge in [-0.05, 0) is 12.1 Å². The Morgan fingerprint density at radius 3 is 1.23 bits per heavy atom. The Morgan fingerprint density at radius 2 is 0.900 bits per heavy atom. The molecule has 0 bridgehead atoms. The maximum absolute atomic E-state index is 10.00. The molecular formula is C27H21O2Sn. The van der Waals surface area contributed by atoms with Crippen LogP contribution in [0.1, 0.15) is 5.56 Å². The van der Waals surface area contributed by atoms with Crippen molar-refractivity contribution in [3.05, 3.63) is 127 Å². The van der Waals surface area contributed by atoms with Crippen LogP contribution < -0.4 is 10.7 Å². The normalized spacial score (nSPS) is 9.63. The number of carboxylic acid groups (broad SMARTS) is 1. The van der Waals surface area contributed by atoms with Gasteiger partial charge in [-0.25, -0.2) is 4.79 Å². The van der Waals surface area contributed by atoms with Crippen LogP contribution in [0.2, 0.25) is 0 Å². The summed E-state index contributed by atoms with van der Waals surface area (Å²) in [6.45, 7) is 0. The molecule has 0 atom stereocenters. The Labute approximate surface area is 184 Å². The van der Waals surface area contributed by atoms with Crippen LogP contribution >= 0.6 is 0 Å². The van der Waals surface area contributed by atoms with Gasteiger partial charge in [0.2, 0.25) is 0 Å². The van der Waals surface area contributed by atoms with E-state index in [0.717, 1.165) is 5.56 Å².